The number of hydrogen-bond acceptors (Lipinski definition) is 11. The van der Waals surface area contributed by atoms with Gasteiger partial charge in [-0.05, 0) is 38.1 Å². The van der Waals surface area contributed by atoms with Crippen molar-refractivity contribution in [1.29, 1.82) is 0 Å². The zero-order valence-electron chi connectivity index (χ0n) is 21.8. The van der Waals surface area contributed by atoms with Gasteiger partial charge in [-0.2, -0.15) is 0 Å². The number of primary amides is 1. The van der Waals surface area contributed by atoms with E-state index in [0.717, 1.165) is 0 Å². The maximum absolute atomic E-state index is 13.9. The maximum atomic E-state index is 13.9. The fourth-order valence-electron chi connectivity index (χ4n) is 6.43. The second kappa shape index (κ2) is 9.81. The van der Waals surface area contributed by atoms with E-state index in [1.165, 1.54) is 31.1 Å². The van der Waals surface area contributed by atoms with E-state index in [2.05, 4.69) is 5.32 Å². The normalized spacial score (nSPS) is 33.8. The van der Waals surface area contributed by atoms with Crippen LogP contribution in [0, 0.1) is 23.7 Å². The summed E-state index contributed by atoms with van der Waals surface area (Å²) >= 11 is 0. The Labute approximate surface area is 223 Å². The van der Waals surface area contributed by atoms with Crippen LogP contribution < -0.4 is 11.1 Å². The number of carbonyl (C=O) groups is 6. The van der Waals surface area contributed by atoms with Gasteiger partial charge in [0, 0.05) is 5.92 Å². The molecule has 1 aromatic rings. The molecular weight excluding hydrogens is 514 g/mol. The van der Waals surface area contributed by atoms with Crippen molar-refractivity contribution in [2.45, 2.75) is 43.9 Å². The van der Waals surface area contributed by atoms with E-state index in [1.54, 1.807) is 13.8 Å². The molecule has 39 heavy (non-hydrogen) atoms. The molecule has 0 aliphatic heterocycles. The van der Waals surface area contributed by atoms with Crippen molar-refractivity contribution in [3.05, 3.63) is 23.3 Å². The number of aliphatic hydroxyl groups excluding tert-OH is 1. The zero-order valence-corrected chi connectivity index (χ0v) is 21.8. The summed E-state index contributed by atoms with van der Waals surface area (Å²) in [4.78, 5) is 79.6. The average Bonchev–Trinajstić information content (AvgIpc) is 2.85. The van der Waals surface area contributed by atoms with E-state index in [0.29, 0.717) is 6.42 Å². The van der Waals surface area contributed by atoms with Crippen LogP contribution in [0.3, 0.4) is 0 Å². The lowest BCUT2D eigenvalue weighted by Gasteiger charge is -2.56. The molecule has 0 aromatic heterocycles. The highest BCUT2D eigenvalue weighted by molar-refractivity contribution is 6.32. The van der Waals surface area contributed by atoms with E-state index in [-0.39, 0.29) is 23.4 Å². The van der Waals surface area contributed by atoms with Crippen molar-refractivity contribution in [3.8, 4) is 5.75 Å². The average molecular weight is 546 g/mol. The van der Waals surface area contributed by atoms with Gasteiger partial charge in [-0.25, -0.2) is 4.79 Å². The number of aliphatic hydroxyl groups is 2. The second-order valence-corrected chi connectivity index (χ2v) is 10.6. The number of hydrogen-bond donors (Lipinski definition) is 5. The number of nitrogens with one attached hydrogen (secondary N) is 1. The van der Waals surface area contributed by atoms with Crippen molar-refractivity contribution >= 4 is 40.8 Å². The van der Waals surface area contributed by atoms with E-state index in [4.69, 9.17) is 10.5 Å². The van der Waals surface area contributed by atoms with Gasteiger partial charge in [0.2, 0.25) is 5.91 Å². The van der Waals surface area contributed by atoms with Crippen LogP contribution in [0.1, 0.15) is 42.1 Å². The lowest BCUT2D eigenvalue weighted by Crippen LogP contribution is -2.77. The summed E-state index contributed by atoms with van der Waals surface area (Å²) in [6.07, 6.45) is -2.05. The van der Waals surface area contributed by atoms with Gasteiger partial charge in [0.05, 0.1) is 41.8 Å². The quantitative estimate of drug-likeness (QED) is 0.232. The third-order valence-corrected chi connectivity index (χ3v) is 8.16. The number of anilines is 1. The van der Waals surface area contributed by atoms with Gasteiger partial charge in [-0.15, -0.1) is 0 Å². The van der Waals surface area contributed by atoms with Crippen molar-refractivity contribution in [2.75, 3.05) is 26.0 Å². The molecule has 6 N–H and O–H groups in total. The number of rotatable bonds is 5. The Bertz CT molecular complexity index is 1290. The molecular formula is C26H31N3O10. The molecule has 1 aromatic carbocycles. The molecule has 4 rings (SSSR count). The predicted molar refractivity (Wildman–Crippen MR) is 133 cm³/mol. The minimum Gasteiger partial charge on any atom is -0.505 e. The zero-order chi connectivity index (χ0) is 29.1. The van der Waals surface area contributed by atoms with Crippen LogP contribution in [-0.4, -0.2) is 93.8 Å². The van der Waals surface area contributed by atoms with Crippen LogP contribution >= 0.6 is 0 Å². The van der Waals surface area contributed by atoms with E-state index in [9.17, 15) is 44.1 Å². The first-order valence-corrected chi connectivity index (χ1v) is 12.5. The lowest BCUT2D eigenvalue weighted by molar-refractivity contribution is -0.196. The number of ketones is 4. The highest BCUT2D eigenvalue weighted by atomic mass is 16.5. The number of amides is 2. The second-order valence-electron chi connectivity index (χ2n) is 10.6. The van der Waals surface area contributed by atoms with Gasteiger partial charge < -0.3 is 25.8 Å². The first-order chi connectivity index (χ1) is 18.2. The monoisotopic (exact) mass is 545 g/mol. The Morgan fingerprint density at radius 1 is 1.15 bits per heavy atom. The topological polar surface area (TPSA) is 214 Å². The molecule has 13 heteroatoms. The molecule has 0 bridgehead atoms. The number of Topliss-reactive ketones (excluding diaryl/α,β-unsaturated/α-hetero) is 4. The molecule has 3 aliphatic rings. The van der Waals surface area contributed by atoms with Crippen LogP contribution in [-0.2, 0) is 23.9 Å². The smallest absolute Gasteiger partial charge is 0.411 e. The number of benzene rings is 1. The predicted octanol–water partition coefficient (Wildman–Crippen LogP) is -0.643. The number of likely N-dealkylation sites (N-methyl/N-ethyl adjacent to an activating group) is 1. The van der Waals surface area contributed by atoms with Crippen molar-refractivity contribution in [1.82, 2.24) is 4.90 Å². The standard InChI is InChI=1S/C26H31N3O10/c1-5-8-39-25(37)28-11-7-6-10-9(2)12-14(19(31)13(10)18(11)30)22(34)26(38)16(20(12)32)17(29(3)4)21(33)15(23(26)35)24(27)36/h6-7,9,12,14-17,20,30,32,38H,5,8H2,1-4H3,(H2,27,36)(H,28,37). The summed E-state index contributed by atoms with van der Waals surface area (Å²) in [6, 6.07) is 1.35. The molecule has 2 amide bonds. The summed E-state index contributed by atoms with van der Waals surface area (Å²) in [5.41, 5.74) is 1.98. The number of carbonyl (C=O) groups excluding carboxylic acids is 6. The van der Waals surface area contributed by atoms with E-state index in [1.807, 2.05) is 0 Å². The van der Waals surface area contributed by atoms with Gasteiger partial charge in [0.15, 0.2) is 34.7 Å². The summed E-state index contributed by atoms with van der Waals surface area (Å²) < 4.78 is 4.94. The molecule has 0 saturated heterocycles. The third kappa shape index (κ3) is 3.95. The Balaban J connectivity index is 1.85. The summed E-state index contributed by atoms with van der Waals surface area (Å²) in [7, 11) is 2.84. The summed E-state index contributed by atoms with van der Waals surface area (Å²) in [5.74, 6) is -14.4. The Morgan fingerprint density at radius 3 is 2.36 bits per heavy atom. The molecule has 8 atom stereocenters. The SMILES string of the molecule is CCCOC(=O)Nc1ccc2c(c1O)C(=O)C1C(=O)C3(O)C(=O)C(C(N)=O)C(=O)C(N(C)C)C3C(O)C1C2C. The summed E-state index contributed by atoms with van der Waals surface area (Å²) in [6.45, 7) is 3.49. The van der Waals surface area contributed by atoms with Gasteiger partial charge >= 0.3 is 6.09 Å². The van der Waals surface area contributed by atoms with Gasteiger partial charge in [-0.1, -0.05) is 19.9 Å². The number of nitrogens with zero attached hydrogens (tertiary/aromatic N) is 1. The highest BCUT2D eigenvalue weighted by Crippen LogP contribution is 2.55. The molecule has 0 heterocycles. The van der Waals surface area contributed by atoms with Crippen LogP contribution in [0.25, 0.3) is 0 Å². The van der Waals surface area contributed by atoms with Crippen molar-refractivity contribution in [3.63, 3.8) is 0 Å². The lowest BCUT2D eigenvalue weighted by atomic mass is 9.49. The molecule has 2 fully saturated rings. The van der Waals surface area contributed by atoms with Gasteiger partial charge in [0.25, 0.3) is 0 Å². The molecule has 8 unspecified atom stereocenters. The minimum atomic E-state index is -3.08. The van der Waals surface area contributed by atoms with Crippen molar-refractivity contribution in [2.24, 2.45) is 29.4 Å². The molecule has 0 spiro atoms. The first-order valence-electron chi connectivity index (χ1n) is 12.5. The van der Waals surface area contributed by atoms with Crippen LogP contribution in [0.2, 0.25) is 0 Å². The first kappa shape index (κ1) is 28.3. The minimum absolute atomic E-state index is 0.111. The van der Waals surface area contributed by atoms with Crippen molar-refractivity contribution < 1.29 is 48.8 Å². The van der Waals surface area contributed by atoms with Gasteiger partial charge in [0.1, 0.15) is 5.75 Å². The number of aromatic hydroxyl groups is 1. The number of ether oxygens (including phenoxy) is 1. The van der Waals surface area contributed by atoms with Gasteiger partial charge in [-0.3, -0.25) is 34.2 Å². The number of phenols is 1. The largest absolute Gasteiger partial charge is 0.505 e. The molecule has 3 aliphatic carbocycles. The highest BCUT2D eigenvalue weighted by Gasteiger charge is 2.72. The van der Waals surface area contributed by atoms with E-state index >= 15 is 0 Å². The Morgan fingerprint density at radius 2 is 1.79 bits per heavy atom. The fourth-order valence-corrected chi connectivity index (χ4v) is 6.43. The van der Waals surface area contributed by atoms with Crippen LogP contribution in [0.15, 0.2) is 12.1 Å². The summed E-state index contributed by atoms with van der Waals surface area (Å²) in [5, 5.41) is 36.5. The molecule has 0 radical (unpaired) electrons. The Kier molecular flexibility index (Phi) is 7.13. The molecule has 210 valence electrons. The number of nitrogens with two attached hydrogens (primary N) is 1. The van der Waals surface area contributed by atoms with Crippen LogP contribution in [0.4, 0.5) is 10.5 Å². The molecule has 2 saturated carbocycles. The Hall–Kier alpha value is -3.68. The third-order valence-electron chi connectivity index (χ3n) is 8.16. The number of fused-ring (bicyclic) bond motifs is 3. The number of phenolic OH excluding ortho intramolecular Hbond substituents is 1. The fraction of sp³-hybridized carbons (Fsp3) is 0.538. The molecule has 13 nitrogen and oxygen atoms in total. The maximum Gasteiger partial charge on any atom is 0.411 e. The van der Waals surface area contributed by atoms with Crippen LogP contribution in [0.5, 0.6) is 5.75 Å². The van der Waals surface area contributed by atoms with E-state index < -0.39 is 88.2 Å².